The van der Waals surface area contributed by atoms with Crippen molar-refractivity contribution in [1.82, 2.24) is 10.2 Å². The van der Waals surface area contributed by atoms with Gasteiger partial charge < -0.3 is 10.2 Å². The SMILES string of the molecule is CCNC(=O)[C@@H](CC)N(Cc1ccccc1C)C(=O)CN(c1ccc(Cl)c(C(F)(F)F)c1)S(=O)(=O)c1ccc(C)cc1. The average molecular weight is 624 g/mol. The number of nitrogens with one attached hydrogen (secondary N) is 1. The normalized spacial score (nSPS) is 12.5. The molecule has 42 heavy (non-hydrogen) atoms. The van der Waals surface area contributed by atoms with Gasteiger partial charge >= 0.3 is 6.18 Å². The number of sulfonamides is 1. The Balaban J connectivity index is 2.16. The quantitative estimate of drug-likeness (QED) is 0.279. The molecule has 0 bridgehead atoms. The summed E-state index contributed by atoms with van der Waals surface area (Å²) in [5.74, 6) is -1.20. The van der Waals surface area contributed by atoms with Crippen molar-refractivity contribution in [1.29, 1.82) is 0 Å². The molecule has 1 atom stereocenters. The Kier molecular flexibility index (Phi) is 10.7. The van der Waals surface area contributed by atoms with Crippen LogP contribution in [-0.2, 0) is 32.3 Å². The molecule has 0 aliphatic rings. The van der Waals surface area contributed by atoms with Crippen LogP contribution in [0.2, 0.25) is 5.02 Å². The largest absolute Gasteiger partial charge is 0.417 e. The first-order chi connectivity index (χ1) is 19.7. The fourth-order valence-corrected chi connectivity index (χ4v) is 6.07. The Morgan fingerprint density at radius 3 is 2.19 bits per heavy atom. The second kappa shape index (κ2) is 13.6. The van der Waals surface area contributed by atoms with Gasteiger partial charge in [0.1, 0.15) is 12.6 Å². The lowest BCUT2D eigenvalue weighted by atomic mass is 10.1. The van der Waals surface area contributed by atoms with E-state index in [1.54, 1.807) is 45.0 Å². The van der Waals surface area contributed by atoms with Crippen molar-refractivity contribution >= 4 is 39.1 Å². The predicted molar refractivity (Wildman–Crippen MR) is 157 cm³/mol. The number of halogens is 4. The molecule has 0 aliphatic carbocycles. The molecule has 1 N–H and O–H groups in total. The molecule has 0 aromatic heterocycles. The summed E-state index contributed by atoms with van der Waals surface area (Å²) in [5.41, 5.74) is 0.691. The van der Waals surface area contributed by atoms with Crippen LogP contribution in [0.25, 0.3) is 0 Å². The number of anilines is 1. The van der Waals surface area contributed by atoms with E-state index in [9.17, 15) is 31.2 Å². The van der Waals surface area contributed by atoms with Gasteiger partial charge in [0.2, 0.25) is 11.8 Å². The number of amides is 2. The molecular formula is C30H33ClF3N3O4S. The van der Waals surface area contributed by atoms with E-state index < -0.39 is 56.9 Å². The van der Waals surface area contributed by atoms with Crippen LogP contribution >= 0.6 is 11.6 Å². The average Bonchev–Trinajstić information content (AvgIpc) is 2.92. The Morgan fingerprint density at radius 1 is 0.976 bits per heavy atom. The summed E-state index contributed by atoms with van der Waals surface area (Å²) in [6.45, 7) is 6.46. The maximum Gasteiger partial charge on any atom is 0.417 e. The number of likely N-dealkylation sites (N-methyl/N-ethyl adjacent to an activating group) is 1. The number of benzene rings is 3. The molecule has 3 rings (SSSR count). The van der Waals surface area contributed by atoms with Gasteiger partial charge in [0.25, 0.3) is 10.0 Å². The van der Waals surface area contributed by atoms with Gasteiger partial charge in [0.05, 0.1) is 21.2 Å². The first-order valence-corrected chi connectivity index (χ1v) is 15.1. The minimum absolute atomic E-state index is 0.0199. The van der Waals surface area contributed by atoms with E-state index in [0.29, 0.717) is 16.9 Å². The summed E-state index contributed by atoms with van der Waals surface area (Å²) in [7, 11) is -4.54. The van der Waals surface area contributed by atoms with Crippen LogP contribution in [0.15, 0.2) is 71.6 Å². The lowest BCUT2D eigenvalue weighted by molar-refractivity contribution is -0.140. The van der Waals surface area contributed by atoms with Crippen LogP contribution in [0.5, 0.6) is 0 Å². The van der Waals surface area contributed by atoms with Crippen LogP contribution in [0.4, 0.5) is 18.9 Å². The molecule has 0 unspecified atom stereocenters. The van der Waals surface area contributed by atoms with Gasteiger partial charge in [-0.05, 0) is 68.7 Å². The zero-order valence-electron chi connectivity index (χ0n) is 23.7. The number of alkyl halides is 3. The van der Waals surface area contributed by atoms with Gasteiger partial charge in [0.15, 0.2) is 0 Å². The first kappa shape index (κ1) is 32.9. The van der Waals surface area contributed by atoms with Gasteiger partial charge in [-0.15, -0.1) is 0 Å². The van der Waals surface area contributed by atoms with Crippen LogP contribution in [-0.4, -0.2) is 44.3 Å². The van der Waals surface area contributed by atoms with Crippen molar-refractivity contribution in [2.45, 2.75) is 57.8 Å². The van der Waals surface area contributed by atoms with E-state index in [2.05, 4.69) is 5.32 Å². The van der Waals surface area contributed by atoms with Crippen molar-refractivity contribution in [3.05, 3.63) is 94.0 Å². The zero-order chi connectivity index (χ0) is 31.2. The molecule has 3 aromatic rings. The van der Waals surface area contributed by atoms with Crippen LogP contribution in [0, 0.1) is 13.8 Å². The highest BCUT2D eigenvalue weighted by Gasteiger charge is 2.37. The molecule has 0 spiro atoms. The van der Waals surface area contributed by atoms with E-state index >= 15 is 0 Å². The van der Waals surface area contributed by atoms with Crippen LogP contribution in [0.1, 0.15) is 42.5 Å². The molecule has 0 saturated heterocycles. The number of carbonyl (C=O) groups is 2. The molecule has 12 heteroatoms. The summed E-state index contributed by atoms with van der Waals surface area (Å²) < 4.78 is 69.7. The van der Waals surface area contributed by atoms with E-state index in [4.69, 9.17) is 11.6 Å². The highest BCUT2D eigenvalue weighted by atomic mass is 35.5. The Labute approximate surface area is 249 Å². The number of hydrogen-bond acceptors (Lipinski definition) is 4. The van der Waals surface area contributed by atoms with Crippen molar-refractivity contribution < 1.29 is 31.2 Å². The molecule has 0 radical (unpaired) electrons. The van der Waals surface area contributed by atoms with Crippen molar-refractivity contribution in [3.8, 4) is 0 Å². The van der Waals surface area contributed by atoms with E-state index in [-0.39, 0.29) is 17.9 Å². The number of aryl methyl sites for hydroxylation is 2. The minimum atomic E-state index is -4.88. The van der Waals surface area contributed by atoms with Gasteiger partial charge in [-0.3, -0.25) is 13.9 Å². The third-order valence-corrected chi connectivity index (χ3v) is 8.89. The predicted octanol–water partition coefficient (Wildman–Crippen LogP) is 6.11. The number of hydrogen-bond donors (Lipinski definition) is 1. The molecule has 0 heterocycles. The van der Waals surface area contributed by atoms with Crippen LogP contribution in [0.3, 0.4) is 0 Å². The number of nitrogens with zero attached hydrogens (tertiary/aromatic N) is 2. The fourth-order valence-electron chi connectivity index (χ4n) is 4.43. The molecule has 0 saturated carbocycles. The highest BCUT2D eigenvalue weighted by molar-refractivity contribution is 7.92. The topological polar surface area (TPSA) is 86.8 Å². The maximum atomic E-state index is 14.0. The first-order valence-electron chi connectivity index (χ1n) is 13.3. The lowest BCUT2D eigenvalue weighted by Crippen LogP contribution is -2.52. The summed E-state index contributed by atoms with van der Waals surface area (Å²) in [5, 5.41) is 2.09. The fraction of sp³-hybridized carbons (Fsp3) is 0.333. The van der Waals surface area contributed by atoms with Crippen molar-refractivity contribution in [2.24, 2.45) is 0 Å². The van der Waals surface area contributed by atoms with Crippen LogP contribution < -0.4 is 9.62 Å². The standard InChI is InChI=1S/C30H33ClF3N3O4S/c1-5-27(29(39)35-6-2)36(18-22-10-8-7-9-21(22)4)28(38)19-37(42(40,41)24-14-11-20(3)12-15-24)23-13-16-26(31)25(17-23)30(32,33)34/h7-17,27H,5-6,18-19H2,1-4H3,(H,35,39)/t27-/m1/s1. The Morgan fingerprint density at radius 2 is 1.62 bits per heavy atom. The number of carbonyl (C=O) groups excluding carboxylic acids is 2. The van der Waals surface area contributed by atoms with E-state index in [1.165, 1.54) is 17.0 Å². The van der Waals surface area contributed by atoms with E-state index in [1.807, 2.05) is 19.1 Å². The minimum Gasteiger partial charge on any atom is -0.355 e. The molecule has 2 amide bonds. The number of rotatable bonds is 11. The third kappa shape index (κ3) is 7.63. The third-order valence-electron chi connectivity index (χ3n) is 6.77. The Bertz CT molecular complexity index is 1530. The zero-order valence-corrected chi connectivity index (χ0v) is 25.3. The summed E-state index contributed by atoms with van der Waals surface area (Å²) in [6.07, 6.45) is -4.66. The summed E-state index contributed by atoms with van der Waals surface area (Å²) >= 11 is 5.81. The van der Waals surface area contributed by atoms with Crippen molar-refractivity contribution in [3.63, 3.8) is 0 Å². The van der Waals surface area contributed by atoms with Gasteiger partial charge in [-0.1, -0.05) is 60.5 Å². The highest BCUT2D eigenvalue weighted by Crippen LogP contribution is 2.38. The molecule has 0 aliphatic heterocycles. The second-order valence-electron chi connectivity index (χ2n) is 9.75. The maximum absolute atomic E-state index is 14.0. The summed E-state index contributed by atoms with van der Waals surface area (Å²) in [6, 6.07) is 14.6. The molecule has 0 fully saturated rings. The van der Waals surface area contributed by atoms with Crippen molar-refractivity contribution in [2.75, 3.05) is 17.4 Å². The van der Waals surface area contributed by atoms with Gasteiger partial charge in [-0.25, -0.2) is 8.42 Å². The van der Waals surface area contributed by atoms with Gasteiger partial charge in [0, 0.05) is 13.1 Å². The van der Waals surface area contributed by atoms with E-state index in [0.717, 1.165) is 28.8 Å². The molecular weight excluding hydrogens is 591 g/mol. The molecule has 3 aromatic carbocycles. The second-order valence-corrected chi connectivity index (χ2v) is 12.0. The van der Waals surface area contributed by atoms with Gasteiger partial charge in [-0.2, -0.15) is 13.2 Å². The lowest BCUT2D eigenvalue weighted by Gasteiger charge is -2.33. The smallest absolute Gasteiger partial charge is 0.355 e. The molecule has 7 nitrogen and oxygen atoms in total. The molecule has 226 valence electrons. The Hall–Kier alpha value is -3.57. The summed E-state index contributed by atoms with van der Waals surface area (Å²) in [4.78, 5) is 28.1. The monoisotopic (exact) mass is 623 g/mol.